The van der Waals surface area contributed by atoms with Crippen molar-refractivity contribution < 1.29 is 14.2 Å². The molecule has 4 rings (SSSR count). The Hall–Kier alpha value is -1.06. The van der Waals surface area contributed by atoms with Gasteiger partial charge >= 0.3 is 0 Å². The van der Waals surface area contributed by atoms with E-state index in [0.717, 1.165) is 44.6 Å². The lowest BCUT2D eigenvalue weighted by atomic mass is 9.77. The predicted molar refractivity (Wildman–Crippen MR) is 66.5 cm³/mol. The Morgan fingerprint density at radius 1 is 1.11 bits per heavy atom. The molecule has 3 heteroatoms. The molecular formula is C15H18O3. The van der Waals surface area contributed by atoms with Gasteiger partial charge < -0.3 is 14.2 Å². The maximum Gasteiger partial charge on any atom is 0.169 e. The minimum Gasteiger partial charge on any atom is -0.490 e. The molecule has 1 saturated heterocycles. The third kappa shape index (κ3) is 1.65. The van der Waals surface area contributed by atoms with Gasteiger partial charge in [-0.2, -0.15) is 0 Å². The summed E-state index contributed by atoms with van der Waals surface area (Å²) >= 11 is 0. The summed E-state index contributed by atoms with van der Waals surface area (Å²) in [6.07, 6.45) is 4.43. The van der Waals surface area contributed by atoms with Gasteiger partial charge in [-0.1, -0.05) is 18.2 Å². The van der Waals surface area contributed by atoms with Crippen LogP contribution in [0.1, 0.15) is 24.8 Å². The standard InChI is InChI=1S/C15H18O3/c1-2-4-13-11(3-1)9-12-10-15(16-7-8-17-15)6-5-14(12)18-13/h1-4,12,14H,5-10H2/t12-,14-/m0/s1. The normalized spacial score (nSPS) is 32.7. The van der Waals surface area contributed by atoms with Crippen molar-refractivity contribution in [3.63, 3.8) is 0 Å². The summed E-state index contributed by atoms with van der Waals surface area (Å²) in [4.78, 5) is 0. The summed E-state index contributed by atoms with van der Waals surface area (Å²) in [7, 11) is 0. The zero-order valence-electron chi connectivity index (χ0n) is 10.4. The second-order valence-electron chi connectivity index (χ2n) is 5.58. The van der Waals surface area contributed by atoms with Gasteiger partial charge in [0.25, 0.3) is 0 Å². The lowest BCUT2D eigenvalue weighted by Crippen LogP contribution is -2.46. The van der Waals surface area contributed by atoms with Crippen LogP contribution in [0.15, 0.2) is 24.3 Å². The van der Waals surface area contributed by atoms with E-state index in [-0.39, 0.29) is 5.79 Å². The largest absolute Gasteiger partial charge is 0.490 e. The molecular weight excluding hydrogens is 228 g/mol. The van der Waals surface area contributed by atoms with Crippen LogP contribution >= 0.6 is 0 Å². The fraction of sp³-hybridized carbons (Fsp3) is 0.600. The third-order valence-corrected chi connectivity index (χ3v) is 4.46. The van der Waals surface area contributed by atoms with E-state index in [9.17, 15) is 0 Å². The summed E-state index contributed by atoms with van der Waals surface area (Å²) in [6.45, 7) is 1.49. The Morgan fingerprint density at radius 2 is 1.94 bits per heavy atom. The van der Waals surface area contributed by atoms with Gasteiger partial charge in [0, 0.05) is 18.8 Å². The number of hydrogen-bond donors (Lipinski definition) is 0. The van der Waals surface area contributed by atoms with E-state index in [4.69, 9.17) is 14.2 Å². The Morgan fingerprint density at radius 3 is 2.83 bits per heavy atom. The van der Waals surface area contributed by atoms with Gasteiger partial charge in [0.05, 0.1) is 13.2 Å². The molecule has 1 aliphatic carbocycles. The molecule has 0 bridgehead atoms. The molecule has 2 atom stereocenters. The highest BCUT2D eigenvalue weighted by Crippen LogP contribution is 2.44. The van der Waals surface area contributed by atoms with Crippen molar-refractivity contribution in [3.8, 4) is 5.75 Å². The summed E-state index contributed by atoms with van der Waals surface area (Å²) in [5.41, 5.74) is 1.33. The maximum absolute atomic E-state index is 6.13. The molecule has 1 spiro atoms. The lowest BCUT2D eigenvalue weighted by molar-refractivity contribution is -0.201. The average Bonchev–Trinajstić information content (AvgIpc) is 2.85. The number of rotatable bonds is 0. The summed E-state index contributed by atoms with van der Waals surface area (Å²) in [5, 5.41) is 0. The molecule has 0 aromatic heterocycles. The van der Waals surface area contributed by atoms with Crippen LogP contribution in [0.4, 0.5) is 0 Å². The molecule has 0 N–H and O–H groups in total. The minimum absolute atomic E-state index is 0.295. The first kappa shape index (κ1) is 10.8. The van der Waals surface area contributed by atoms with Gasteiger partial charge in [-0.05, 0) is 24.5 Å². The average molecular weight is 246 g/mol. The Balaban J connectivity index is 1.59. The van der Waals surface area contributed by atoms with Crippen LogP contribution in [0.5, 0.6) is 5.75 Å². The maximum atomic E-state index is 6.13. The zero-order valence-corrected chi connectivity index (χ0v) is 10.4. The highest BCUT2D eigenvalue weighted by molar-refractivity contribution is 5.36. The van der Waals surface area contributed by atoms with Crippen LogP contribution in [0, 0.1) is 5.92 Å². The van der Waals surface area contributed by atoms with Gasteiger partial charge in [-0.25, -0.2) is 0 Å². The molecule has 1 aromatic carbocycles. The van der Waals surface area contributed by atoms with Crippen molar-refractivity contribution in [2.75, 3.05) is 13.2 Å². The van der Waals surface area contributed by atoms with Crippen molar-refractivity contribution in [3.05, 3.63) is 29.8 Å². The van der Waals surface area contributed by atoms with Gasteiger partial charge in [0.15, 0.2) is 5.79 Å². The van der Waals surface area contributed by atoms with E-state index in [1.807, 2.05) is 6.07 Å². The molecule has 2 fully saturated rings. The topological polar surface area (TPSA) is 27.7 Å². The number of para-hydroxylation sites is 1. The fourth-order valence-corrected chi connectivity index (χ4v) is 3.58. The number of hydrogen-bond acceptors (Lipinski definition) is 3. The Labute approximate surface area is 107 Å². The van der Waals surface area contributed by atoms with Gasteiger partial charge in [0.2, 0.25) is 0 Å². The van der Waals surface area contributed by atoms with E-state index in [1.54, 1.807) is 0 Å². The quantitative estimate of drug-likeness (QED) is 0.704. The SMILES string of the molecule is c1ccc2c(c1)C[C@H]1CC3(CC[C@@H]1O2)OCCO3. The van der Waals surface area contributed by atoms with Crippen molar-refractivity contribution >= 4 is 0 Å². The molecule has 3 nitrogen and oxygen atoms in total. The van der Waals surface area contributed by atoms with E-state index < -0.39 is 0 Å². The second-order valence-corrected chi connectivity index (χ2v) is 5.58. The van der Waals surface area contributed by atoms with Gasteiger partial charge in [-0.15, -0.1) is 0 Å². The van der Waals surface area contributed by atoms with E-state index in [1.165, 1.54) is 5.56 Å². The van der Waals surface area contributed by atoms with Crippen molar-refractivity contribution in [1.82, 2.24) is 0 Å². The zero-order chi connectivity index (χ0) is 12.0. The highest BCUT2D eigenvalue weighted by Gasteiger charge is 2.47. The van der Waals surface area contributed by atoms with E-state index in [2.05, 4.69) is 18.2 Å². The second kappa shape index (κ2) is 3.97. The highest BCUT2D eigenvalue weighted by atomic mass is 16.7. The third-order valence-electron chi connectivity index (χ3n) is 4.46. The molecule has 0 unspecified atom stereocenters. The molecule has 3 aliphatic rings. The van der Waals surface area contributed by atoms with Crippen molar-refractivity contribution in [2.24, 2.45) is 5.92 Å². The monoisotopic (exact) mass is 246 g/mol. The number of fused-ring (bicyclic) bond motifs is 2. The van der Waals surface area contributed by atoms with Crippen LogP contribution in [0.3, 0.4) is 0 Å². The Kier molecular flexibility index (Phi) is 2.39. The predicted octanol–water partition coefficient (Wildman–Crippen LogP) is 2.53. The molecule has 0 radical (unpaired) electrons. The first-order valence-corrected chi connectivity index (χ1v) is 6.87. The molecule has 2 aliphatic heterocycles. The fourth-order valence-electron chi connectivity index (χ4n) is 3.58. The molecule has 1 saturated carbocycles. The smallest absolute Gasteiger partial charge is 0.169 e. The van der Waals surface area contributed by atoms with E-state index in [0.29, 0.717) is 12.0 Å². The number of benzene rings is 1. The number of ether oxygens (including phenoxy) is 3. The van der Waals surface area contributed by atoms with Crippen LogP contribution in [0.25, 0.3) is 0 Å². The summed E-state index contributed by atoms with van der Waals surface area (Å²) in [5.74, 6) is 1.31. The van der Waals surface area contributed by atoms with Crippen molar-refractivity contribution in [1.29, 1.82) is 0 Å². The van der Waals surface area contributed by atoms with Crippen LogP contribution in [0.2, 0.25) is 0 Å². The van der Waals surface area contributed by atoms with Gasteiger partial charge in [-0.3, -0.25) is 0 Å². The van der Waals surface area contributed by atoms with E-state index >= 15 is 0 Å². The van der Waals surface area contributed by atoms with Crippen molar-refractivity contribution in [2.45, 2.75) is 37.6 Å². The molecule has 0 amide bonds. The minimum atomic E-state index is -0.295. The molecule has 1 aromatic rings. The van der Waals surface area contributed by atoms with Crippen LogP contribution < -0.4 is 4.74 Å². The van der Waals surface area contributed by atoms with Crippen LogP contribution in [-0.2, 0) is 15.9 Å². The summed E-state index contributed by atoms with van der Waals surface area (Å²) in [6, 6.07) is 8.39. The molecule has 18 heavy (non-hydrogen) atoms. The van der Waals surface area contributed by atoms with Crippen LogP contribution in [-0.4, -0.2) is 25.1 Å². The first-order chi connectivity index (χ1) is 8.85. The molecule has 96 valence electrons. The first-order valence-electron chi connectivity index (χ1n) is 6.87. The molecule has 2 heterocycles. The van der Waals surface area contributed by atoms with Gasteiger partial charge in [0.1, 0.15) is 11.9 Å². The Bertz CT molecular complexity index is 451. The summed E-state index contributed by atoms with van der Waals surface area (Å²) < 4.78 is 17.8. The lowest BCUT2D eigenvalue weighted by Gasteiger charge is -2.43.